The normalized spacial score (nSPS) is 19.0. The molecule has 2 N–H and O–H groups in total. The van der Waals surface area contributed by atoms with Gasteiger partial charge in [-0.05, 0) is 59.9 Å². The second-order valence-corrected chi connectivity index (χ2v) is 18.3. The number of nitrogen functional groups attached to an aromatic ring is 1. The summed E-state index contributed by atoms with van der Waals surface area (Å²) in [5.41, 5.74) is 7.70. The quantitative estimate of drug-likeness (QED) is 0.0552. The fourth-order valence-electron chi connectivity index (χ4n) is 7.12. The fourth-order valence-corrected chi connectivity index (χ4v) is 12.5. The molecule has 14 heteroatoms. The summed E-state index contributed by atoms with van der Waals surface area (Å²) in [5, 5.41) is 0.0602. The third-order valence-electron chi connectivity index (χ3n) is 10.0. The van der Waals surface area contributed by atoms with Crippen LogP contribution >= 0.6 is 30.6 Å². The van der Waals surface area contributed by atoms with Gasteiger partial charge in [-0.1, -0.05) is 108 Å². The van der Waals surface area contributed by atoms with Gasteiger partial charge in [0.15, 0.2) is 7.50 Å². The zero-order chi connectivity index (χ0) is 39.6. The average Bonchev–Trinajstić information content (AvgIpc) is 3.94. The minimum atomic E-state index is -1.13. The van der Waals surface area contributed by atoms with Gasteiger partial charge in [0.25, 0.3) is 0 Å². The molecule has 0 spiro atoms. The van der Waals surface area contributed by atoms with Crippen molar-refractivity contribution >= 4 is 41.6 Å². The van der Waals surface area contributed by atoms with Crippen LogP contribution in [0, 0.1) is 0 Å². The lowest BCUT2D eigenvalue weighted by molar-refractivity contribution is -0.0910. The van der Waals surface area contributed by atoms with E-state index < -0.39 is 37.2 Å². The Balaban J connectivity index is 1.19. The lowest BCUT2D eigenvalue weighted by Crippen LogP contribution is -2.38. The van der Waals surface area contributed by atoms with E-state index in [-0.39, 0.29) is 17.5 Å². The van der Waals surface area contributed by atoms with Crippen LogP contribution in [-0.2, 0) is 19.6 Å². The average molecular weight is 827 g/mol. The van der Waals surface area contributed by atoms with E-state index >= 15 is 0 Å². The van der Waals surface area contributed by atoms with Crippen LogP contribution in [0.1, 0.15) is 52.5 Å². The number of methoxy groups -OCH3 is 2. The van der Waals surface area contributed by atoms with Crippen LogP contribution < -0.4 is 20.9 Å². The number of rotatable bonds is 17. The minimum Gasteiger partial charge on any atom is -0.497 e. The molecule has 11 nitrogen and oxygen atoms in total. The van der Waals surface area contributed by atoms with E-state index in [9.17, 15) is 9.59 Å². The number of carbonyl (C=O) groups is 1. The molecular formula is C43H47N4O7PS2. The summed E-state index contributed by atoms with van der Waals surface area (Å²) in [6.45, 7) is 1.99. The van der Waals surface area contributed by atoms with Gasteiger partial charge in [0.1, 0.15) is 35.2 Å². The summed E-state index contributed by atoms with van der Waals surface area (Å²) in [6, 6.07) is 36.9. The lowest BCUT2D eigenvalue weighted by atomic mass is 9.80. The highest BCUT2D eigenvalue weighted by Crippen LogP contribution is 2.58. The Morgan fingerprint density at radius 3 is 2.04 bits per heavy atom. The Morgan fingerprint density at radius 2 is 1.44 bits per heavy atom. The van der Waals surface area contributed by atoms with Gasteiger partial charge in [-0.15, -0.1) is 0 Å². The number of hydrogen-bond acceptors (Lipinski definition) is 12. The molecule has 2 aliphatic heterocycles. The second-order valence-electron chi connectivity index (χ2n) is 13.6. The first-order valence-electron chi connectivity index (χ1n) is 18.9. The van der Waals surface area contributed by atoms with Crippen LogP contribution in [0.3, 0.4) is 0 Å². The van der Waals surface area contributed by atoms with Crippen molar-refractivity contribution in [3.8, 4) is 11.5 Å². The van der Waals surface area contributed by atoms with Gasteiger partial charge in [-0.25, -0.2) is 4.79 Å². The summed E-state index contributed by atoms with van der Waals surface area (Å²) >= 11 is 3.07. The Hall–Kier alpha value is -4.20. The van der Waals surface area contributed by atoms with Crippen molar-refractivity contribution in [2.75, 3.05) is 51.2 Å². The molecule has 1 aromatic heterocycles. The molecule has 0 bridgehead atoms. The third-order valence-corrected chi connectivity index (χ3v) is 15.3. The molecule has 0 saturated carbocycles. The molecule has 3 heterocycles. The van der Waals surface area contributed by atoms with Crippen LogP contribution in [-0.4, -0.2) is 77.0 Å². The number of carbonyl (C=O) groups excluding carboxylic acids is 1. The van der Waals surface area contributed by atoms with E-state index in [0.29, 0.717) is 17.7 Å². The molecule has 4 aromatic carbocycles. The van der Waals surface area contributed by atoms with Gasteiger partial charge in [0, 0.05) is 42.8 Å². The highest BCUT2D eigenvalue weighted by Gasteiger charge is 2.44. The van der Waals surface area contributed by atoms with Crippen molar-refractivity contribution in [1.82, 2.24) is 14.2 Å². The van der Waals surface area contributed by atoms with Gasteiger partial charge in [0.2, 0.25) is 5.12 Å². The fraction of sp³-hybridized carbons (Fsp3) is 0.326. The molecular weight excluding hydrogens is 780 g/mol. The highest BCUT2D eigenvalue weighted by molar-refractivity contribution is 8.53. The number of aromatic nitrogens is 2. The summed E-state index contributed by atoms with van der Waals surface area (Å²) in [4.78, 5) is 30.0. The van der Waals surface area contributed by atoms with E-state index in [1.807, 2.05) is 97.1 Å². The first-order chi connectivity index (χ1) is 27.9. The summed E-state index contributed by atoms with van der Waals surface area (Å²) in [5.74, 6) is 2.98. The maximum absolute atomic E-state index is 13.1. The molecule has 0 amide bonds. The number of anilines is 1. The largest absolute Gasteiger partial charge is 0.497 e. The third kappa shape index (κ3) is 9.75. The Morgan fingerprint density at radius 1 is 0.842 bits per heavy atom. The van der Waals surface area contributed by atoms with Gasteiger partial charge >= 0.3 is 5.69 Å². The molecule has 7 rings (SSSR count). The predicted octanol–water partition coefficient (Wildman–Crippen LogP) is 8.15. The van der Waals surface area contributed by atoms with Crippen molar-refractivity contribution < 1.29 is 28.3 Å². The van der Waals surface area contributed by atoms with Crippen LogP contribution in [0.5, 0.6) is 11.5 Å². The van der Waals surface area contributed by atoms with E-state index in [2.05, 4.69) is 21.8 Å². The number of nitrogens with two attached hydrogens (primary N) is 1. The van der Waals surface area contributed by atoms with Crippen molar-refractivity contribution in [3.63, 3.8) is 0 Å². The molecule has 57 heavy (non-hydrogen) atoms. The molecule has 0 radical (unpaired) electrons. The first kappa shape index (κ1) is 41.0. The number of thioether (sulfide) groups is 1. The maximum atomic E-state index is 13.1. The lowest BCUT2D eigenvalue weighted by Gasteiger charge is -2.37. The molecule has 4 atom stereocenters. The maximum Gasteiger partial charge on any atom is 0.351 e. The van der Waals surface area contributed by atoms with Crippen LogP contribution in [0.2, 0.25) is 0 Å². The standard InChI is InChI=1S/C43H47N4O7PS2/c1-50-35-19-15-33(16-20-35)43(32-13-7-4-8-14-32,34-17-21-36(51-2)22-18-34)52-30-38-37(29-40(53-38)47-26-23-39(44)45-42(47)49)54-55(46-24-9-10-25-46)57-28-27-56-41(48)31-11-5-3-6-12-31/h3-8,11-23,26,37-38,40H,9-10,24-25,27-30H2,1-2H3,(H2,44,45,49)/t37-,38+,40+,55?/m0/s1. The summed E-state index contributed by atoms with van der Waals surface area (Å²) in [6.07, 6.45) is 2.55. The van der Waals surface area contributed by atoms with Crippen LogP contribution in [0.15, 0.2) is 126 Å². The van der Waals surface area contributed by atoms with Crippen molar-refractivity contribution in [2.45, 2.75) is 43.3 Å². The van der Waals surface area contributed by atoms with Gasteiger partial charge in [-0.3, -0.25) is 14.0 Å². The summed E-state index contributed by atoms with van der Waals surface area (Å²) < 4.78 is 36.1. The molecule has 0 aliphatic carbocycles. The molecule has 298 valence electrons. The minimum absolute atomic E-state index is 0.0602. The van der Waals surface area contributed by atoms with Crippen molar-refractivity contribution in [1.29, 1.82) is 0 Å². The van der Waals surface area contributed by atoms with Gasteiger partial charge in [0.05, 0.1) is 26.9 Å². The topological polar surface area (TPSA) is 127 Å². The van der Waals surface area contributed by atoms with E-state index in [0.717, 1.165) is 59.9 Å². The smallest absolute Gasteiger partial charge is 0.351 e. The van der Waals surface area contributed by atoms with Crippen molar-refractivity contribution in [2.24, 2.45) is 0 Å². The number of hydrogen-bond donors (Lipinski definition) is 1. The van der Waals surface area contributed by atoms with E-state index in [1.54, 1.807) is 37.9 Å². The number of benzene rings is 4. The number of nitrogens with zero attached hydrogens (tertiary/aromatic N) is 3. The zero-order valence-electron chi connectivity index (χ0n) is 32.0. The van der Waals surface area contributed by atoms with E-state index in [4.69, 9.17) is 29.2 Å². The number of ether oxygens (including phenoxy) is 4. The zero-order valence-corrected chi connectivity index (χ0v) is 34.5. The Kier molecular flexibility index (Phi) is 14.0. The SMILES string of the molecule is COc1ccc(C(OC[C@H]2O[C@@H](n3ccc(N)nc3=O)C[C@@H]2OP(SCCSC(=O)c2ccccc2)N2CCCC2)(c2ccccc2)c2ccc(OC)cc2)cc1. The van der Waals surface area contributed by atoms with Gasteiger partial charge in [-0.2, -0.15) is 4.98 Å². The predicted molar refractivity (Wildman–Crippen MR) is 228 cm³/mol. The van der Waals surface area contributed by atoms with E-state index in [1.165, 1.54) is 16.3 Å². The second kappa shape index (κ2) is 19.5. The molecule has 2 fully saturated rings. The Bertz CT molecular complexity index is 2060. The van der Waals surface area contributed by atoms with Crippen LogP contribution in [0.25, 0.3) is 0 Å². The molecule has 5 aromatic rings. The monoisotopic (exact) mass is 826 g/mol. The van der Waals surface area contributed by atoms with Crippen LogP contribution in [0.4, 0.5) is 5.82 Å². The molecule has 2 aliphatic rings. The Labute approximate surface area is 342 Å². The molecule has 2 saturated heterocycles. The van der Waals surface area contributed by atoms with Crippen molar-refractivity contribution in [3.05, 3.63) is 154 Å². The summed E-state index contributed by atoms with van der Waals surface area (Å²) in [7, 11) is 2.17. The highest BCUT2D eigenvalue weighted by atomic mass is 32.7. The molecule has 1 unspecified atom stereocenters. The van der Waals surface area contributed by atoms with Gasteiger partial charge < -0.3 is 29.2 Å². The first-order valence-corrected chi connectivity index (χ1v) is 22.7.